The van der Waals surface area contributed by atoms with Gasteiger partial charge < -0.3 is 9.88 Å². The normalized spacial score (nSPS) is 16.7. The molecular formula is C23H19FN8. The van der Waals surface area contributed by atoms with E-state index in [-0.39, 0.29) is 18.4 Å². The molecule has 1 aliphatic heterocycles. The zero-order valence-corrected chi connectivity index (χ0v) is 17.1. The third-order valence-corrected chi connectivity index (χ3v) is 6.06. The number of hydrogen-bond donors (Lipinski definition) is 1. The van der Waals surface area contributed by atoms with Crippen molar-refractivity contribution in [2.24, 2.45) is 5.92 Å². The number of para-hydroxylation sites is 1. The summed E-state index contributed by atoms with van der Waals surface area (Å²) in [5.41, 5.74) is 3.03. The van der Waals surface area contributed by atoms with Crippen LogP contribution in [0.3, 0.4) is 0 Å². The maximum atomic E-state index is 14.5. The van der Waals surface area contributed by atoms with Crippen molar-refractivity contribution in [3.05, 3.63) is 60.6 Å². The molecule has 1 N–H and O–H groups in total. The molecule has 1 aromatic carbocycles. The number of aromatic nitrogens is 5. The lowest BCUT2D eigenvalue weighted by molar-refractivity contribution is 0.332. The summed E-state index contributed by atoms with van der Waals surface area (Å²) in [5.74, 6) is -0.312. The number of benzene rings is 1. The van der Waals surface area contributed by atoms with Crippen LogP contribution in [0.5, 0.6) is 0 Å². The van der Waals surface area contributed by atoms with E-state index in [1.165, 1.54) is 12.4 Å². The van der Waals surface area contributed by atoms with Crippen molar-refractivity contribution in [1.29, 1.82) is 10.5 Å². The van der Waals surface area contributed by atoms with E-state index in [1.807, 2.05) is 28.0 Å². The summed E-state index contributed by atoms with van der Waals surface area (Å²) >= 11 is 0. The topological polar surface area (TPSA) is 110 Å². The van der Waals surface area contributed by atoms with Gasteiger partial charge in [0.25, 0.3) is 0 Å². The summed E-state index contributed by atoms with van der Waals surface area (Å²) < 4.78 is 16.3. The molecule has 1 saturated heterocycles. The molecule has 2 unspecified atom stereocenters. The highest BCUT2D eigenvalue weighted by atomic mass is 19.1. The van der Waals surface area contributed by atoms with Gasteiger partial charge in [0, 0.05) is 42.4 Å². The fourth-order valence-electron chi connectivity index (χ4n) is 4.55. The van der Waals surface area contributed by atoms with Crippen molar-refractivity contribution in [3.8, 4) is 23.4 Å². The Bertz CT molecular complexity index is 1360. The van der Waals surface area contributed by atoms with E-state index >= 15 is 0 Å². The summed E-state index contributed by atoms with van der Waals surface area (Å²) in [4.78, 5) is 13.6. The lowest BCUT2D eigenvalue weighted by atomic mass is 9.96. The average molecular weight is 426 g/mol. The molecule has 1 aliphatic rings. The van der Waals surface area contributed by atoms with Gasteiger partial charge in [-0.15, -0.1) is 0 Å². The number of rotatable bonds is 5. The lowest BCUT2D eigenvalue weighted by Gasteiger charge is -2.24. The Morgan fingerprint density at radius 1 is 1.25 bits per heavy atom. The molecule has 0 spiro atoms. The Morgan fingerprint density at radius 2 is 2.16 bits per heavy atom. The van der Waals surface area contributed by atoms with Gasteiger partial charge in [-0.2, -0.15) is 15.6 Å². The van der Waals surface area contributed by atoms with Gasteiger partial charge in [-0.3, -0.25) is 4.68 Å². The van der Waals surface area contributed by atoms with Crippen LogP contribution in [-0.2, 0) is 0 Å². The number of nitriles is 2. The van der Waals surface area contributed by atoms with Gasteiger partial charge in [0.05, 0.1) is 41.7 Å². The molecule has 0 amide bonds. The minimum absolute atomic E-state index is 0.0891. The maximum Gasteiger partial charge on any atom is 0.147 e. The second-order valence-corrected chi connectivity index (χ2v) is 7.84. The molecule has 9 heteroatoms. The Morgan fingerprint density at radius 3 is 3.00 bits per heavy atom. The first-order valence-electron chi connectivity index (χ1n) is 10.3. The van der Waals surface area contributed by atoms with Crippen LogP contribution >= 0.6 is 0 Å². The zero-order valence-electron chi connectivity index (χ0n) is 17.1. The van der Waals surface area contributed by atoms with E-state index in [0.717, 1.165) is 28.7 Å². The molecule has 8 nitrogen and oxygen atoms in total. The van der Waals surface area contributed by atoms with Crippen molar-refractivity contribution < 1.29 is 4.39 Å². The number of H-pyrrole nitrogens is 1. The number of hydrogen-bond acceptors (Lipinski definition) is 6. The number of nitrogens with zero attached hydrogens (tertiary/aromatic N) is 7. The molecule has 2 atom stereocenters. The minimum atomic E-state index is -0.401. The third kappa shape index (κ3) is 3.34. The van der Waals surface area contributed by atoms with Gasteiger partial charge >= 0.3 is 0 Å². The third-order valence-electron chi connectivity index (χ3n) is 6.06. The van der Waals surface area contributed by atoms with Crippen molar-refractivity contribution in [2.45, 2.75) is 18.9 Å². The van der Waals surface area contributed by atoms with E-state index in [1.54, 1.807) is 18.3 Å². The van der Waals surface area contributed by atoms with Gasteiger partial charge in [-0.05, 0) is 24.6 Å². The largest absolute Gasteiger partial charge is 0.368 e. The summed E-state index contributed by atoms with van der Waals surface area (Å²) in [6.45, 7) is 1.17. The fraction of sp³-hybridized carbons (Fsp3) is 0.261. The van der Waals surface area contributed by atoms with E-state index < -0.39 is 5.82 Å². The van der Waals surface area contributed by atoms with Crippen molar-refractivity contribution >= 4 is 16.7 Å². The van der Waals surface area contributed by atoms with Gasteiger partial charge in [0.2, 0.25) is 0 Å². The number of aromatic amines is 1. The molecule has 0 radical (unpaired) electrons. The summed E-state index contributed by atoms with van der Waals surface area (Å²) in [7, 11) is 0. The minimum Gasteiger partial charge on any atom is -0.368 e. The quantitative estimate of drug-likeness (QED) is 0.520. The summed E-state index contributed by atoms with van der Waals surface area (Å²) in [6, 6.07) is 10.7. The molecule has 0 bridgehead atoms. The van der Waals surface area contributed by atoms with Crippen LogP contribution in [-0.4, -0.2) is 37.8 Å². The molecule has 32 heavy (non-hydrogen) atoms. The van der Waals surface area contributed by atoms with E-state index in [9.17, 15) is 14.9 Å². The summed E-state index contributed by atoms with van der Waals surface area (Å²) in [5, 5.41) is 24.3. The molecule has 1 fully saturated rings. The molecule has 158 valence electrons. The molecule has 4 aromatic rings. The van der Waals surface area contributed by atoms with Crippen LogP contribution in [0.2, 0.25) is 0 Å². The van der Waals surface area contributed by atoms with Crippen LogP contribution in [0.25, 0.3) is 22.3 Å². The van der Waals surface area contributed by atoms with Crippen LogP contribution in [0.1, 0.15) is 24.4 Å². The SMILES string of the molecule is N#CCC(C1CCN(c2c(F)cccc2C#N)C1)n1cc(-c2ncnc3[nH]ccc23)cn1. The maximum absolute atomic E-state index is 14.5. The van der Waals surface area contributed by atoms with Gasteiger partial charge in [0.1, 0.15) is 23.9 Å². The Balaban J connectivity index is 1.43. The number of halogens is 1. The second kappa shape index (κ2) is 8.12. The first kappa shape index (κ1) is 19.7. The van der Waals surface area contributed by atoms with Gasteiger partial charge in [-0.1, -0.05) is 6.07 Å². The second-order valence-electron chi connectivity index (χ2n) is 7.84. The number of fused-ring (bicyclic) bond motifs is 1. The predicted octanol–water partition coefficient (Wildman–Crippen LogP) is 3.81. The van der Waals surface area contributed by atoms with Crippen LogP contribution in [0, 0.1) is 34.4 Å². The molecular weight excluding hydrogens is 407 g/mol. The van der Waals surface area contributed by atoms with Gasteiger partial charge in [-0.25, -0.2) is 14.4 Å². The Kier molecular flexibility index (Phi) is 5.00. The standard InChI is InChI=1S/C23H19FN8/c24-19-3-1-2-15(10-26)22(19)31-9-6-16(12-31)20(4-7-25)32-13-17(11-30-32)21-18-5-8-27-23(18)29-14-28-21/h1-3,5,8,11,13-14,16,20H,4,6,9,12H2,(H,27,28,29). The molecule has 3 aromatic heterocycles. The highest BCUT2D eigenvalue weighted by molar-refractivity contribution is 5.89. The monoisotopic (exact) mass is 426 g/mol. The molecule has 0 saturated carbocycles. The highest BCUT2D eigenvalue weighted by Crippen LogP contribution is 2.36. The first-order chi connectivity index (χ1) is 15.7. The Labute approximate surface area is 183 Å². The average Bonchev–Trinajstić information content (AvgIpc) is 3.57. The molecule has 4 heterocycles. The van der Waals surface area contributed by atoms with Crippen molar-refractivity contribution in [1.82, 2.24) is 24.7 Å². The number of nitrogens with one attached hydrogen (secondary N) is 1. The number of anilines is 1. The Hall–Kier alpha value is -4.24. The highest BCUT2D eigenvalue weighted by Gasteiger charge is 2.33. The van der Waals surface area contributed by atoms with Crippen molar-refractivity contribution in [2.75, 3.05) is 18.0 Å². The first-order valence-corrected chi connectivity index (χ1v) is 10.3. The van der Waals surface area contributed by atoms with E-state index in [4.69, 9.17) is 0 Å². The fourth-order valence-corrected chi connectivity index (χ4v) is 4.55. The summed E-state index contributed by atoms with van der Waals surface area (Å²) in [6.07, 6.45) is 8.03. The van der Waals surface area contributed by atoms with Crippen molar-refractivity contribution in [3.63, 3.8) is 0 Å². The van der Waals surface area contributed by atoms with E-state index in [0.29, 0.717) is 24.3 Å². The van der Waals surface area contributed by atoms with Crippen LogP contribution in [0.15, 0.2) is 49.2 Å². The molecule has 0 aliphatic carbocycles. The van der Waals surface area contributed by atoms with E-state index in [2.05, 4.69) is 32.2 Å². The lowest BCUT2D eigenvalue weighted by Crippen LogP contribution is -2.26. The zero-order chi connectivity index (χ0) is 22.1. The van der Waals surface area contributed by atoms with Crippen LogP contribution < -0.4 is 4.90 Å². The molecule has 5 rings (SSSR count). The van der Waals surface area contributed by atoms with Crippen LogP contribution in [0.4, 0.5) is 10.1 Å². The van der Waals surface area contributed by atoms with Gasteiger partial charge in [0.15, 0.2) is 0 Å². The predicted molar refractivity (Wildman–Crippen MR) is 116 cm³/mol. The smallest absolute Gasteiger partial charge is 0.147 e.